The smallest absolute Gasteiger partial charge is 0.223 e. The Kier molecular flexibility index (Phi) is 5.04. The Labute approximate surface area is 111 Å². The summed E-state index contributed by atoms with van der Waals surface area (Å²) in [7, 11) is 0. The molecular weight excluding hydrogens is 224 g/mol. The minimum Gasteiger partial charge on any atom is -0.353 e. The van der Waals surface area contributed by atoms with Crippen molar-refractivity contribution in [2.24, 2.45) is 17.6 Å². The molecule has 2 atom stereocenters. The van der Waals surface area contributed by atoms with Crippen LogP contribution in [0.2, 0.25) is 0 Å². The second-order valence-corrected chi connectivity index (χ2v) is 6.26. The highest BCUT2D eigenvalue weighted by Crippen LogP contribution is 2.28. The molecule has 1 amide bonds. The lowest BCUT2D eigenvalue weighted by molar-refractivity contribution is -0.127. The van der Waals surface area contributed by atoms with Crippen LogP contribution in [0.5, 0.6) is 0 Å². The third kappa shape index (κ3) is 3.71. The van der Waals surface area contributed by atoms with Crippen molar-refractivity contribution in [1.29, 1.82) is 0 Å². The Bertz CT molecular complexity index is 272. The molecule has 2 saturated carbocycles. The van der Waals surface area contributed by atoms with Crippen LogP contribution in [0, 0.1) is 11.8 Å². The van der Waals surface area contributed by atoms with Gasteiger partial charge in [0.1, 0.15) is 0 Å². The molecule has 0 aromatic rings. The second kappa shape index (κ2) is 6.55. The molecule has 2 fully saturated rings. The monoisotopic (exact) mass is 252 g/mol. The third-order valence-corrected chi connectivity index (χ3v) is 4.85. The average Bonchev–Trinajstić information content (AvgIpc) is 2.39. The summed E-state index contributed by atoms with van der Waals surface area (Å²) in [5.74, 6) is 1.35. The van der Waals surface area contributed by atoms with Crippen LogP contribution in [0.25, 0.3) is 0 Å². The zero-order valence-electron chi connectivity index (χ0n) is 11.7. The SMILES string of the molecule is CCC1CCCC(NC(=O)C2CCC(N)CC2)C1. The Morgan fingerprint density at radius 1 is 1.17 bits per heavy atom. The molecule has 104 valence electrons. The van der Waals surface area contributed by atoms with Gasteiger partial charge >= 0.3 is 0 Å². The molecule has 3 N–H and O–H groups in total. The van der Waals surface area contributed by atoms with Gasteiger partial charge in [-0.1, -0.05) is 26.2 Å². The fourth-order valence-electron chi connectivity index (χ4n) is 3.49. The molecule has 3 heteroatoms. The van der Waals surface area contributed by atoms with Gasteiger partial charge in [0.05, 0.1) is 0 Å². The van der Waals surface area contributed by atoms with Crippen LogP contribution < -0.4 is 11.1 Å². The van der Waals surface area contributed by atoms with Crippen molar-refractivity contribution < 1.29 is 4.79 Å². The van der Waals surface area contributed by atoms with Gasteiger partial charge in [0, 0.05) is 18.0 Å². The topological polar surface area (TPSA) is 55.1 Å². The van der Waals surface area contributed by atoms with Gasteiger partial charge in [-0.15, -0.1) is 0 Å². The van der Waals surface area contributed by atoms with Crippen molar-refractivity contribution >= 4 is 5.91 Å². The van der Waals surface area contributed by atoms with E-state index >= 15 is 0 Å². The molecule has 0 saturated heterocycles. The van der Waals surface area contributed by atoms with E-state index in [1.165, 1.54) is 32.1 Å². The van der Waals surface area contributed by atoms with Crippen molar-refractivity contribution in [2.75, 3.05) is 0 Å². The first kappa shape index (κ1) is 13.9. The Balaban J connectivity index is 1.76. The van der Waals surface area contributed by atoms with Crippen LogP contribution in [-0.2, 0) is 4.79 Å². The van der Waals surface area contributed by atoms with Gasteiger partial charge in [0.25, 0.3) is 0 Å². The van der Waals surface area contributed by atoms with E-state index in [4.69, 9.17) is 5.73 Å². The van der Waals surface area contributed by atoms with E-state index in [1.54, 1.807) is 0 Å². The van der Waals surface area contributed by atoms with Crippen molar-refractivity contribution in [1.82, 2.24) is 5.32 Å². The number of carbonyl (C=O) groups excluding carboxylic acids is 1. The normalized spacial score (nSPS) is 37.2. The molecule has 0 aromatic carbocycles. The highest BCUT2D eigenvalue weighted by Gasteiger charge is 2.28. The lowest BCUT2D eigenvalue weighted by Crippen LogP contribution is -2.43. The summed E-state index contributed by atoms with van der Waals surface area (Å²) in [5.41, 5.74) is 5.89. The number of nitrogens with two attached hydrogens (primary N) is 1. The van der Waals surface area contributed by atoms with Crippen molar-refractivity contribution in [2.45, 2.75) is 76.8 Å². The summed E-state index contributed by atoms with van der Waals surface area (Å²) in [6, 6.07) is 0.764. The van der Waals surface area contributed by atoms with E-state index in [9.17, 15) is 4.79 Å². The van der Waals surface area contributed by atoms with E-state index in [0.717, 1.165) is 31.6 Å². The first-order chi connectivity index (χ1) is 8.69. The molecule has 0 heterocycles. The van der Waals surface area contributed by atoms with Crippen LogP contribution in [0.3, 0.4) is 0 Å². The maximum Gasteiger partial charge on any atom is 0.223 e. The van der Waals surface area contributed by atoms with Crippen molar-refractivity contribution in [3.8, 4) is 0 Å². The van der Waals surface area contributed by atoms with E-state index in [1.807, 2.05) is 0 Å². The predicted molar refractivity (Wildman–Crippen MR) is 74.1 cm³/mol. The molecule has 0 radical (unpaired) electrons. The van der Waals surface area contributed by atoms with Gasteiger partial charge in [-0.3, -0.25) is 4.79 Å². The highest BCUT2D eigenvalue weighted by atomic mass is 16.1. The Hall–Kier alpha value is -0.570. The Morgan fingerprint density at radius 3 is 2.56 bits per heavy atom. The number of rotatable bonds is 3. The lowest BCUT2D eigenvalue weighted by atomic mass is 9.82. The van der Waals surface area contributed by atoms with Crippen molar-refractivity contribution in [3.05, 3.63) is 0 Å². The first-order valence-electron chi connectivity index (χ1n) is 7.75. The molecule has 2 aliphatic carbocycles. The summed E-state index contributed by atoms with van der Waals surface area (Å²) >= 11 is 0. The molecule has 0 aliphatic heterocycles. The zero-order valence-corrected chi connectivity index (χ0v) is 11.7. The maximum atomic E-state index is 12.2. The zero-order chi connectivity index (χ0) is 13.0. The van der Waals surface area contributed by atoms with Gasteiger partial charge in [0.2, 0.25) is 5.91 Å². The van der Waals surface area contributed by atoms with Crippen LogP contribution in [-0.4, -0.2) is 18.0 Å². The maximum absolute atomic E-state index is 12.2. The summed E-state index contributed by atoms with van der Waals surface area (Å²) < 4.78 is 0. The summed E-state index contributed by atoms with van der Waals surface area (Å²) in [4.78, 5) is 12.2. The van der Waals surface area contributed by atoms with E-state index in [2.05, 4.69) is 12.2 Å². The Morgan fingerprint density at radius 2 is 1.89 bits per heavy atom. The minimum absolute atomic E-state index is 0.229. The average molecular weight is 252 g/mol. The largest absolute Gasteiger partial charge is 0.353 e. The molecule has 0 bridgehead atoms. The molecule has 0 aromatic heterocycles. The van der Waals surface area contributed by atoms with Crippen molar-refractivity contribution in [3.63, 3.8) is 0 Å². The standard InChI is InChI=1S/C15H28N2O/c1-2-11-4-3-5-14(10-11)17-15(18)12-6-8-13(16)9-7-12/h11-14H,2-10,16H2,1H3,(H,17,18). The van der Waals surface area contributed by atoms with Gasteiger partial charge in [-0.25, -0.2) is 0 Å². The van der Waals surface area contributed by atoms with Gasteiger partial charge in [0.15, 0.2) is 0 Å². The highest BCUT2D eigenvalue weighted by molar-refractivity contribution is 5.79. The molecule has 2 rings (SSSR count). The number of carbonyl (C=O) groups is 1. The fourth-order valence-corrected chi connectivity index (χ4v) is 3.49. The first-order valence-corrected chi connectivity index (χ1v) is 7.75. The summed E-state index contributed by atoms with van der Waals surface area (Å²) in [5, 5.41) is 3.29. The van der Waals surface area contributed by atoms with Crippen LogP contribution in [0.15, 0.2) is 0 Å². The number of nitrogens with one attached hydrogen (secondary N) is 1. The molecular formula is C15H28N2O. The van der Waals surface area contributed by atoms with Crippen LogP contribution in [0.1, 0.15) is 64.7 Å². The van der Waals surface area contributed by atoms with Gasteiger partial charge in [-0.2, -0.15) is 0 Å². The number of hydrogen-bond donors (Lipinski definition) is 2. The van der Waals surface area contributed by atoms with Gasteiger partial charge < -0.3 is 11.1 Å². The summed E-state index contributed by atoms with van der Waals surface area (Å²) in [6.45, 7) is 2.26. The van der Waals surface area contributed by atoms with Crippen LogP contribution in [0.4, 0.5) is 0 Å². The molecule has 2 unspecified atom stereocenters. The summed E-state index contributed by atoms with van der Waals surface area (Å²) in [6.07, 6.45) is 10.2. The molecule has 18 heavy (non-hydrogen) atoms. The van der Waals surface area contributed by atoms with Crippen LogP contribution >= 0.6 is 0 Å². The molecule has 3 nitrogen and oxygen atoms in total. The number of amides is 1. The van der Waals surface area contributed by atoms with Gasteiger partial charge in [-0.05, 0) is 44.4 Å². The van der Waals surface area contributed by atoms with E-state index < -0.39 is 0 Å². The van der Waals surface area contributed by atoms with E-state index in [0.29, 0.717) is 18.0 Å². The quantitative estimate of drug-likeness (QED) is 0.811. The van der Waals surface area contributed by atoms with E-state index in [-0.39, 0.29) is 5.92 Å². The third-order valence-electron chi connectivity index (χ3n) is 4.85. The molecule has 0 spiro atoms. The fraction of sp³-hybridized carbons (Fsp3) is 0.933. The number of hydrogen-bond acceptors (Lipinski definition) is 2. The predicted octanol–water partition coefficient (Wildman–Crippen LogP) is 2.59. The second-order valence-electron chi connectivity index (χ2n) is 6.26. The minimum atomic E-state index is 0.229. The molecule has 2 aliphatic rings. The lowest BCUT2D eigenvalue weighted by Gasteiger charge is -2.32.